The summed E-state index contributed by atoms with van der Waals surface area (Å²) in [6.45, 7) is 2.44. The van der Waals surface area contributed by atoms with E-state index in [1.165, 1.54) is 27.4 Å². The molecule has 12 heteroatoms. The lowest BCUT2D eigenvalue weighted by molar-refractivity contribution is -0.120. The molecule has 1 aliphatic rings. The van der Waals surface area contributed by atoms with Crippen LogP contribution in [0.4, 0.5) is 5.69 Å². The third-order valence-corrected chi connectivity index (χ3v) is 7.39. The maximum absolute atomic E-state index is 13.2. The van der Waals surface area contributed by atoms with Gasteiger partial charge in [0.05, 0.1) is 28.7 Å². The van der Waals surface area contributed by atoms with E-state index in [4.69, 9.17) is 4.74 Å². The van der Waals surface area contributed by atoms with Crippen LogP contribution in [-0.2, 0) is 19.6 Å². The number of hydrogen-bond donors (Lipinski definition) is 1. The van der Waals surface area contributed by atoms with E-state index in [9.17, 15) is 18.0 Å². The number of rotatable bonds is 7. The minimum Gasteiger partial charge on any atom is -0.462 e. The monoisotopic (exact) mass is 484 g/mol. The number of aromatic nitrogens is 4. The number of tetrazole rings is 1. The summed E-state index contributed by atoms with van der Waals surface area (Å²) in [5, 5.41) is 13.7. The number of nitrogens with zero attached hydrogens (tertiary/aromatic N) is 5. The first-order valence-electron chi connectivity index (χ1n) is 10.8. The van der Waals surface area contributed by atoms with E-state index in [1.54, 1.807) is 43.3 Å². The van der Waals surface area contributed by atoms with Gasteiger partial charge < -0.3 is 10.1 Å². The summed E-state index contributed by atoms with van der Waals surface area (Å²) in [5.41, 5.74) is 1.55. The molecule has 1 amide bonds. The molecule has 2 heterocycles. The summed E-state index contributed by atoms with van der Waals surface area (Å²) in [5.74, 6) is -1.19. The molecule has 0 aliphatic carbocycles. The Morgan fingerprint density at radius 3 is 2.50 bits per heavy atom. The number of carbonyl (C=O) groups excluding carboxylic acids is 2. The Bertz CT molecular complexity index is 1240. The molecule has 1 fully saturated rings. The molecule has 0 bridgehead atoms. The lowest BCUT2D eigenvalue weighted by atomic mass is 9.98. The quantitative estimate of drug-likeness (QED) is 0.502. The Morgan fingerprint density at radius 1 is 1.12 bits per heavy atom. The van der Waals surface area contributed by atoms with Crippen LogP contribution in [0.1, 0.15) is 30.1 Å². The lowest BCUT2D eigenvalue weighted by Crippen LogP contribution is -2.43. The van der Waals surface area contributed by atoms with Crippen LogP contribution in [-0.4, -0.2) is 64.5 Å². The third-order valence-electron chi connectivity index (χ3n) is 5.51. The summed E-state index contributed by atoms with van der Waals surface area (Å²) in [6, 6.07) is 12.6. The lowest BCUT2D eigenvalue weighted by Gasteiger charge is -2.31. The molecule has 2 aromatic carbocycles. The van der Waals surface area contributed by atoms with Gasteiger partial charge in [0.2, 0.25) is 15.9 Å². The van der Waals surface area contributed by atoms with Crippen molar-refractivity contribution in [2.24, 2.45) is 5.92 Å². The van der Waals surface area contributed by atoms with Crippen LogP contribution >= 0.6 is 0 Å². The molecule has 34 heavy (non-hydrogen) atoms. The summed E-state index contributed by atoms with van der Waals surface area (Å²) < 4.78 is 34.1. The predicted octanol–water partition coefficient (Wildman–Crippen LogP) is 1.88. The maximum atomic E-state index is 13.2. The summed E-state index contributed by atoms with van der Waals surface area (Å²) >= 11 is 0. The van der Waals surface area contributed by atoms with Crippen molar-refractivity contribution in [3.05, 3.63) is 60.4 Å². The van der Waals surface area contributed by atoms with Crippen LogP contribution in [0.5, 0.6) is 0 Å². The molecule has 4 rings (SSSR count). The molecule has 0 unspecified atom stereocenters. The summed E-state index contributed by atoms with van der Waals surface area (Å²) in [7, 11) is -3.77. The van der Waals surface area contributed by atoms with Gasteiger partial charge in [-0.3, -0.25) is 4.79 Å². The van der Waals surface area contributed by atoms with Crippen LogP contribution < -0.4 is 5.32 Å². The first-order valence-corrected chi connectivity index (χ1v) is 12.2. The highest BCUT2D eigenvalue weighted by Gasteiger charge is 2.33. The van der Waals surface area contributed by atoms with Crippen molar-refractivity contribution in [2.45, 2.75) is 24.7 Å². The van der Waals surface area contributed by atoms with E-state index >= 15 is 0 Å². The highest BCUT2D eigenvalue weighted by molar-refractivity contribution is 7.89. The molecule has 11 nitrogen and oxygen atoms in total. The van der Waals surface area contributed by atoms with Gasteiger partial charge in [-0.25, -0.2) is 17.9 Å². The van der Waals surface area contributed by atoms with Gasteiger partial charge in [0.25, 0.3) is 0 Å². The normalized spacial score (nSPS) is 16.7. The number of benzene rings is 2. The van der Waals surface area contributed by atoms with Crippen molar-refractivity contribution in [2.75, 3.05) is 25.0 Å². The number of anilines is 1. The maximum Gasteiger partial charge on any atom is 0.338 e. The number of nitrogens with one attached hydrogen (secondary N) is 1. The topological polar surface area (TPSA) is 136 Å². The number of piperidine rings is 1. The van der Waals surface area contributed by atoms with Crippen molar-refractivity contribution in [3.8, 4) is 5.69 Å². The molecule has 1 saturated heterocycles. The molecule has 178 valence electrons. The van der Waals surface area contributed by atoms with Gasteiger partial charge >= 0.3 is 5.97 Å². The van der Waals surface area contributed by atoms with Gasteiger partial charge in [-0.2, -0.15) is 4.31 Å². The van der Waals surface area contributed by atoms with Crippen LogP contribution in [0.2, 0.25) is 0 Å². The number of sulfonamides is 1. The molecule has 0 saturated carbocycles. The summed E-state index contributed by atoms with van der Waals surface area (Å²) in [6.07, 6.45) is 2.57. The zero-order valence-corrected chi connectivity index (χ0v) is 19.3. The van der Waals surface area contributed by atoms with Crippen LogP contribution in [0.25, 0.3) is 5.69 Å². The molecular formula is C22H24N6O5S. The van der Waals surface area contributed by atoms with Gasteiger partial charge in [-0.1, -0.05) is 0 Å². The fraction of sp³-hybridized carbons (Fsp3) is 0.318. The molecular weight excluding hydrogens is 460 g/mol. The molecule has 0 radical (unpaired) electrons. The Kier molecular flexibility index (Phi) is 6.98. The minimum atomic E-state index is -3.77. The van der Waals surface area contributed by atoms with Gasteiger partial charge in [-0.15, -0.1) is 5.10 Å². The standard InChI is InChI=1S/C22H24N6O5S/c1-2-33-22(30)16-5-7-18(8-6-16)24-21(29)17-4-3-13-27(14-17)34(31,32)20-11-9-19(10-12-20)28-15-23-25-26-28/h5-12,15,17H,2-4,13-14H2,1H3,(H,24,29)/t17-/m0/s1. The highest BCUT2D eigenvalue weighted by Crippen LogP contribution is 2.25. The fourth-order valence-corrected chi connectivity index (χ4v) is 5.25. The largest absolute Gasteiger partial charge is 0.462 e. The zero-order chi connectivity index (χ0) is 24.1. The van der Waals surface area contributed by atoms with Gasteiger partial charge in [0.1, 0.15) is 6.33 Å². The Balaban J connectivity index is 1.41. The zero-order valence-electron chi connectivity index (χ0n) is 18.5. The van der Waals surface area contributed by atoms with E-state index in [2.05, 4.69) is 20.8 Å². The average Bonchev–Trinajstić information content (AvgIpc) is 3.40. The average molecular weight is 485 g/mol. The number of carbonyl (C=O) groups is 2. The number of amides is 1. The number of hydrogen-bond acceptors (Lipinski definition) is 8. The second-order valence-corrected chi connectivity index (χ2v) is 9.68. The minimum absolute atomic E-state index is 0.0871. The third kappa shape index (κ3) is 5.13. The Morgan fingerprint density at radius 2 is 1.85 bits per heavy atom. The van der Waals surface area contributed by atoms with Crippen molar-refractivity contribution >= 4 is 27.6 Å². The van der Waals surface area contributed by atoms with Gasteiger partial charge in [-0.05, 0) is 78.7 Å². The van der Waals surface area contributed by atoms with Crippen molar-refractivity contribution in [1.29, 1.82) is 0 Å². The molecule has 1 N–H and O–H groups in total. The molecule has 0 spiro atoms. The van der Waals surface area contributed by atoms with Crippen LogP contribution in [0.3, 0.4) is 0 Å². The van der Waals surface area contributed by atoms with Crippen molar-refractivity contribution in [3.63, 3.8) is 0 Å². The van der Waals surface area contributed by atoms with E-state index in [-0.39, 0.29) is 24.0 Å². The van der Waals surface area contributed by atoms with Crippen molar-refractivity contribution < 1.29 is 22.7 Å². The first-order chi connectivity index (χ1) is 16.4. The van der Waals surface area contributed by atoms with Crippen LogP contribution in [0.15, 0.2) is 59.8 Å². The number of ether oxygens (including phenoxy) is 1. The van der Waals surface area contributed by atoms with Gasteiger partial charge in [0.15, 0.2) is 0 Å². The Labute approximate surface area is 196 Å². The second kappa shape index (κ2) is 10.1. The molecule has 1 aliphatic heterocycles. The van der Waals surface area contributed by atoms with E-state index in [0.717, 1.165) is 0 Å². The predicted molar refractivity (Wildman–Crippen MR) is 122 cm³/mol. The summed E-state index contributed by atoms with van der Waals surface area (Å²) in [4.78, 5) is 24.7. The van der Waals surface area contributed by atoms with Crippen molar-refractivity contribution in [1.82, 2.24) is 24.5 Å². The van der Waals surface area contributed by atoms with E-state index in [0.29, 0.717) is 36.3 Å². The van der Waals surface area contributed by atoms with E-state index < -0.39 is 21.9 Å². The number of esters is 1. The SMILES string of the molecule is CCOC(=O)c1ccc(NC(=O)[C@H]2CCCN(S(=O)(=O)c3ccc(-n4cnnn4)cc3)C2)cc1. The first kappa shape index (κ1) is 23.5. The van der Waals surface area contributed by atoms with Gasteiger partial charge in [0, 0.05) is 18.8 Å². The molecule has 3 aromatic rings. The highest BCUT2D eigenvalue weighted by atomic mass is 32.2. The van der Waals surface area contributed by atoms with E-state index in [1.807, 2.05) is 0 Å². The molecule has 1 aromatic heterocycles. The van der Waals surface area contributed by atoms with Crippen LogP contribution in [0, 0.1) is 5.92 Å². The Hall–Kier alpha value is -3.64. The smallest absolute Gasteiger partial charge is 0.338 e. The second-order valence-electron chi connectivity index (χ2n) is 7.74. The molecule has 1 atom stereocenters. The fourth-order valence-electron chi connectivity index (χ4n) is 3.72.